The number of piperidine rings is 1. The monoisotopic (exact) mass is 313 g/mol. The predicted octanol–water partition coefficient (Wildman–Crippen LogP) is 2.53. The number of aromatic carboxylic acids is 1. The van der Waals surface area contributed by atoms with E-state index in [-0.39, 0.29) is 5.56 Å². The molecule has 1 N–H and O–H groups in total. The molecular formula is C15H20ClNO4. The van der Waals surface area contributed by atoms with Gasteiger partial charge in [0.15, 0.2) is 0 Å². The zero-order valence-electron chi connectivity index (χ0n) is 12.0. The first kappa shape index (κ1) is 16.1. The Morgan fingerprint density at radius 2 is 2.33 bits per heavy atom. The third-order valence-electron chi connectivity index (χ3n) is 3.64. The van der Waals surface area contributed by atoms with E-state index in [4.69, 9.17) is 26.2 Å². The summed E-state index contributed by atoms with van der Waals surface area (Å²) in [4.78, 5) is 13.1. The minimum absolute atomic E-state index is 0.159. The maximum atomic E-state index is 10.8. The molecule has 1 heterocycles. The third-order valence-corrected chi connectivity index (χ3v) is 3.93. The van der Waals surface area contributed by atoms with Crippen LogP contribution < -0.4 is 4.74 Å². The van der Waals surface area contributed by atoms with Crippen LogP contribution in [-0.2, 0) is 4.74 Å². The number of carbonyl (C=O) groups is 1. The molecule has 1 atom stereocenters. The van der Waals surface area contributed by atoms with E-state index >= 15 is 0 Å². The van der Waals surface area contributed by atoms with Crippen LogP contribution in [0.1, 0.15) is 23.2 Å². The number of carboxylic acid groups (broad SMARTS) is 1. The molecule has 2 rings (SSSR count). The number of methoxy groups -OCH3 is 1. The molecule has 1 aromatic carbocycles. The largest absolute Gasteiger partial charge is 0.491 e. The molecule has 0 bridgehead atoms. The number of likely N-dealkylation sites (tertiary alicyclic amines) is 1. The number of nitrogens with zero attached hydrogens (tertiary/aromatic N) is 1. The van der Waals surface area contributed by atoms with Gasteiger partial charge in [0.25, 0.3) is 0 Å². The maximum absolute atomic E-state index is 10.8. The molecule has 1 unspecified atom stereocenters. The SMILES string of the molecule is COC1CCCN(CCOc2ccc(C(=O)O)cc2Cl)C1. The Morgan fingerprint density at radius 3 is 3.00 bits per heavy atom. The highest BCUT2D eigenvalue weighted by Crippen LogP contribution is 2.25. The van der Waals surface area contributed by atoms with Gasteiger partial charge in [-0.1, -0.05) is 11.6 Å². The van der Waals surface area contributed by atoms with E-state index in [2.05, 4.69) is 4.90 Å². The molecule has 1 aromatic rings. The van der Waals surface area contributed by atoms with E-state index in [0.717, 1.165) is 32.5 Å². The lowest BCUT2D eigenvalue weighted by Gasteiger charge is -2.31. The summed E-state index contributed by atoms with van der Waals surface area (Å²) in [6.07, 6.45) is 2.54. The van der Waals surface area contributed by atoms with Crippen LogP contribution in [0.4, 0.5) is 0 Å². The van der Waals surface area contributed by atoms with E-state index in [9.17, 15) is 4.79 Å². The molecule has 21 heavy (non-hydrogen) atoms. The Morgan fingerprint density at radius 1 is 1.52 bits per heavy atom. The van der Waals surface area contributed by atoms with Crippen LogP contribution in [0.5, 0.6) is 5.75 Å². The predicted molar refractivity (Wildman–Crippen MR) is 80.4 cm³/mol. The van der Waals surface area contributed by atoms with Gasteiger partial charge >= 0.3 is 5.97 Å². The van der Waals surface area contributed by atoms with E-state index in [0.29, 0.717) is 23.5 Å². The summed E-state index contributed by atoms with van der Waals surface area (Å²) >= 11 is 6.02. The first-order chi connectivity index (χ1) is 10.1. The Bertz CT molecular complexity index is 495. The van der Waals surface area contributed by atoms with Crippen molar-refractivity contribution in [1.29, 1.82) is 0 Å². The number of rotatable bonds is 6. The molecule has 0 saturated carbocycles. The number of hydrogen-bond donors (Lipinski definition) is 1. The molecule has 1 saturated heterocycles. The maximum Gasteiger partial charge on any atom is 0.335 e. The number of hydrogen-bond acceptors (Lipinski definition) is 4. The van der Waals surface area contributed by atoms with Crippen LogP contribution in [0.15, 0.2) is 18.2 Å². The summed E-state index contributed by atoms with van der Waals surface area (Å²) < 4.78 is 11.0. The highest BCUT2D eigenvalue weighted by atomic mass is 35.5. The average Bonchev–Trinajstić information content (AvgIpc) is 2.49. The van der Waals surface area contributed by atoms with Crippen molar-refractivity contribution in [2.45, 2.75) is 18.9 Å². The lowest BCUT2D eigenvalue weighted by Crippen LogP contribution is -2.41. The third kappa shape index (κ3) is 4.59. The van der Waals surface area contributed by atoms with Crippen LogP contribution in [0, 0.1) is 0 Å². The summed E-state index contributed by atoms with van der Waals surface area (Å²) in [6.45, 7) is 3.29. The van der Waals surface area contributed by atoms with Crippen molar-refractivity contribution in [1.82, 2.24) is 4.90 Å². The van der Waals surface area contributed by atoms with Gasteiger partial charge in [0.2, 0.25) is 0 Å². The molecule has 0 amide bonds. The van der Waals surface area contributed by atoms with E-state index in [1.807, 2.05) is 0 Å². The van der Waals surface area contributed by atoms with Gasteiger partial charge < -0.3 is 14.6 Å². The normalized spacial score (nSPS) is 19.4. The fourth-order valence-corrected chi connectivity index (χ4v) is 2.68. The summed E-state index contributed by atoms with van der Waals surface area (Å²) in [5.74, 6) is -0.482. The van der Waals surface area contributed by atoms with Gasteiger partial charge in [-0.2, -0.15) is 0 Å². The van der Waals surface area contributed by atoms with Crippen LogP contribution in [-0.4, -0.2) is 55.4 Å². The van der Waals surface area contributed by atoms with Crippen molar-refractivity contribution >= 4 is 17.6 Å². The smallest absolute Gasteiger partial charge is 0.335 e. The van der Waals surface area contributed by atoms with Gasteiger partial charge in [-0.15, -0.1) is 0 Å². The standard InChI is InChI=1S/C15H20ClNO4/c1-20-12-3-2-6-17(10-12)7-8-21-14-5-4-11(15(18)19)9-13(14)16/h4-5,9,12H,2-3,6-8,10H2,1H3,(H,18,19). The second kappa shape index (κ2) is 7.64. The molecule has 0 spiro atoms. The van der Waals surface area contributed by atoms with Gasteiger partial charge in [0.05, 0.1) is 16.7 Å². The minimum Gasteiger partial charge on any atom is -0.491 e. The molecule has 6 heteroatoms. The van der Waals surface area contributed by atoms with Crippen molar-refractivity contribution in [2.75, 3.05) is 33.4 Å². The lowest BCUT2D eigenvalue weighted by atomic mass is 10.1. The Labute approximate surface area is 129 Å². The van der Waals surface area contributed by atoms with Gasteiger partial charge in [-0.3, -0.25) is 4.90 Å². The molecule has 1 aliphatic heterocycles. The summed E-state index contributed by atoms with van der Waals surface area (Å²) in [5.41, 5.74) is 0.159. The quantitative estimate of drug-likeness (QED) is 0.874. The van der Waals surface area contributed by atoms with Crippen molar-refractivity contribution in [2.24, 2.45) is 0 Å². The number of benzene rings is 1. The van der Waals surface area contributed by atoms with Gasteiger partial charge in [-0.25, -0.2) is 4.79 Å². The molecule has 0 aromatic heterocycles. The van der Waals surface area contributed by atoms with Crippen molar-refractivity contribution in [3.05, 3.63) is 28.8 Å². The molecule has 0 aliphatic carbocycles. The minimum atomic E-state index is -0.998. The summed E-state index contributed by atoms with van der Waals surface area (Å²) in [5, 5.41) is 9.20. The molecular weight excluding hydrogens is 294 g/mol. The lowest BCUT2D eigenvalue weighted by molar-refractivity contribution is 0.0272. The topological polar surface area (TPSA) is 59.0 Å². The number of halogens is 1. The molecule has 5 nitrogen and oxygen atoms in total. The van der Waals surface area contributed by atoms with Crippen LogP contribution in [0.3, 0.4) is 0 Å². The van der Waals surface area contributed by atoms with Crippen LogP contribution in [0.2, 0.25) is 5.02 Å². The van der Waals surface area contributed by atoms with E-state index < -0.39 is 5.97 Å². The van der Waals surface area contributed by atoms with E-state index in [1.54, 1.807) is 13.2 Å². The number of carboxylic acids is 1. The second-order valence-corrected chi connectivity index (χ2v) is 5.51. The summed E-state index contributed by atoms with van der Waals surface area (Å²) in [6, 6.07) is 4.49. The molecule has 0 radical (unpaired) electrons. The van der Waals surface area contributed by atoms with Gasteiger partial charge in [0.1, 0.15) is 12.4 Å². The molecule has 116 valence electrons. The average molecular weight is 314 g/mol. The fourth-order valence-electron chi connectivity index (χ4n) is 2.44. The van der Waals surface area contributed by atoms with Crippen LogP contribution in [0.25, 0.3) is 0 Å². The Kier molecular flexibility index (Phi) is 5.85. The number of ether oxygens (including phenoxy) is 2. The first-order valence-electron chi connectivity index (χ1n) is 7.01. The van der Waals surface area contributed by atoms with Gasteiger partial charge in [0, 0.05) is 20.2 Å². The fraction of sp³-hybridized carbons (Fsp3) is 0.533. The highest BCUT2D eigenvalue weighted by molar-refractivity contribution is 6.32. The first-order valence-corrected chi connectivity index (χ1v) is 7.38. The zero-order valence-corrected chi connectivity index (χ0v) is 12.8. The second-order valence-electron chi connectivity index (χ2n) is 5.10. The highest BCUT2D eigenvalue weighted by Gasteiger charge is 2.19. The van der Waals surface area contributed by atoms with E-state index in [1.165, 1.54) is 12.1 Å². The Balaban J connectivity index is 1.82. The van der Waals surface area contributed by atoms with Crippen molar-refractivity contribution < 1.29 is 19.4 Å². The molecule has 1 fully saturated rings. The van der Waals surface area contributed by atoms with Crippen molar-refractivity contribution in [3.8, 4) is 5.75 Å². The summed E-state index contributed by atoms with van der Waals surface area (Å²) in [7, 11) is 1.74. The van der Waals surface area contributed by atoms with Crippen LogP contribution >= 0.6 is 11.6 Å². The molecule has 1 aliphatic rings. The van der Waals surface area contributed by atoms with Gasteiger partial charge in [-0.05, 0) is 37.6 Å². The van der Waals surface area contributed by atoms with Crippen molar-refractivity contribution in [3.63, 3.8) is 0 Å². The Hall–Kier alpha value is -1.30. The zero-order chi connectivity index (χ0) is 15.2.